The minimum absolute atomic E-state index is 0.0167. The van der Waals surface area contributed by atoms with Gasteiger partial charge in [-0.1, -0.05) is 74.8 Å². The molecule has 0 spiro atoms. The summed E-state index contributed by atoms with van der Waals surface area (Å²) >= 11 is 0. The second kappa shape index (κ2) is 14.5. The Morgan fingerprint density at radius 2 is 1.62 bits per heavy atom. The highest BCUT2D eigenvalue weighted by atomic mass is 16.4. The van der Waals surface area contributed by atoms with Gasteiger partial charge in [-0.25, -0.2) is 0 Å². The summed E-state index contributed by atoms with van der Waals surface area (Å²) in [6.07, 6.45) is 16.4. The van der Waals surface area contributed by atoms with Gasteiger partial charge >= 0.3 is 5.97 Å². The monoisotopic (exact) mass is 366 g/mol. The Morgan fingerprint density at radius 1 is 1.00 bits per heavy atom. The first kappa shape index (κ1) is 24.3. The van der Waals surface area contributed by atoms with Gasteiger partial charge in [0.2, 0.25) is 0 Å². The molecule has 0 aliphatic heterocycles. The zero-order chi connectivity index (χ0) is 19.8. The summed E-state index contributed by atoms with van der Waals surface area (Å²) in [7, 11) is 0. The smallest absolute Gasteiger partial charge is 0.303 e. The maximum atomic E-state index is 10.4. The van der Waals surface area contributed by atoms with Gasteiger partial charge in [0.15, 0.2) is 0 Å². The van der Waals surface area contributed by atoms with Crippen LogP contribution in [0.3, 0.4) is 0 Å². The van der Waals surface area contributed by atoms with E-state index in [1.807, 2.05) is 6.08 Å². The van der Waals surface area contributed by atoms with E-state index in [9.17, 15) is 20.1 Å². The van der Waals surface area contributed by atoms with Crippen LogP contribution >= 0.6 is 0 Å². The first-order valence-corrected chi connectivity index (χ1v) is 9.28. The molecule has 5 nitrogen and oxygen atoms in total. The number of aliphatic carboxylic acids is 1. The molecular weight excluding hydrogens is 332 g/mol. The molecule has 0 aromatic heterocycles. The molecule has 0 rings (SSSR count). The highest BCUT2D eigenvalue weighted by Gasteiger charge is 2.14. The van der Waals surface area contributed by atoms with Crippen LogP contribution in [0.1, 0.15) is 58.8 Å². The molecule has 148 valence electrons. The van der Waals surface area contributed by atoms with Crippen molar-refractivity contribution in [2.24, 2.45) is 0 Å². The Bertz CT molecular complexity index is 489. The molecule has 4 N–H and O–H groups in total. The summed E-state index contributed by atoms with van der Waals surface area (Å²) in [5.74, 6) is -0.909. The average Bonchev–Trinajstić information content (AvgIpc) is 2.56. The zero-order valence-corrected chi connectivity index (χ0v) is 15.9. The predicted molar refractivity (Wildman–Crippen MR) is 105 cm³/mol. The van der Waals surface area contributed by atoms with E-state index in [-0.39, 0.29) is 12.8 Å². The second-order valence-corrected chi connectivity index (χ2v) is 6.67. The lowest BCUT2D eigenvalue weighted by Crippen LogP contribution is -2.23. The van der Waals surface area contributed by atoms with E-state index in [1.54, 1.807) is 43.4 Å². The van der Waals surface area contributed by atoms with E-state index < -0.39 is 23.8 Å². The lowest BCUT2D eigenvalue weighted by molar-refractivity contribution is -0.137. The van der Waals surface area contributed by atoms with Gasteiger partial charge in [0.1, 0.15) is 0 Å². The normalized spacial score (nSPS) is 17.4. The lowest BCUT2D eigenvalue weighted by Gasteiger charge is -2.18. The number of carbonyl (C=O) groups is 1. The number of rotatable bonds is 14. The molecule has 0 radical (unpaired) electrons. The summed E-state index contributed by atoms with van der Waals surface area (Å²) < 4.78 is 0. The standard InChI is InChI=1S/C21H34O5/c1-3-4-10-16-21(2,26)17-11-8-6-5-7-9-13-18(22)19(23)14-12-15-20(24)25/h5-9,11,13,17-19,22-23,26H,3-4,10,12,14-16H2,1-2H3,(H,24,25)/b7-5+,8-6-,13-9+,17-11+/t18-,19+,21-/m1/s1. The highest BCUT2D eigenvalue weighted by molar-refractivity contribution is 5.66. The van der Waals surface area contributed by atoms with Gasteiger partial charge in [0.25, 0.3) is 0 Å². The molecule has 0 bridgehead atoms. The van der Waals surface area contributed by atoms with Crippen LogP contribution in [0.15, 0.2) is 48.6 Å². The summed E-state index contributed by atoms with van der Waals surface area (Å²) in [5, 5.41) is 38.1. The number of hydrogen-bond acceptors (Lipinski definition) is 4. The number of aliphatic hydroxyl groups is 3. The Kier molecular flexibility index (Phi) is 13.5. The number of carboxylic acid groups (broad SMARTS) is 1. The first-order chi connectivity index (χ1) is 12.3. The third-order valence-electron chi connectivity index (χ3n) is 3.89. The molecule has 0 amide bonds. The molecule has 0 fully saturated rings. The van der Waals surface area contributed by atoms with Gasteiger partial charge in [-0.05, 0) is 26.2 Å². The van der Waals surface area contributed by atoms with E-state index in [0.29, 0.717) is 6.42 Å². The Balaban J connectivity index is 4.12. The molecule has 0 unspecified atom stereocenters. The zero-order valence-electron chi connectivity index (χ0n) is 15.9. The Morgan fingerprint density at radius 3 is 2.23 bits per heavy atom. The summed E-state index contributed by atoms with van der Waals surface area (Å²) in [4.78, 5) is 10.4. The number of unbranched alkanes of at least 4 members (excludes halogenated alkanes) is 2. The maximum Gasteiger partial charge on any atom is 0.303 e. The summed E-state index contributed by atoms with van der Waals surface area (Å²) in [6.45, 7) is 3.93. The van der Waals surface area contributed by atoms with Crippen LogP contribution in [0.2, 0.25) is 0 Å². The van der Waals surface area contributed by atoms with Crippen molar-refractivity contribution < 1.29 is 25.2 Å². The van der Waals surface area contributed by atoms with Gasteiger partial charge in [-0.2, -0.15) is 0 Å². The van der Waals surface area contributed by atoms with Crippen molar-refractivity contribution in [3.63, 3.8) is 0 Å². The van der Waals surface area contributed by atoms with E-state index in [0.717, 1.165) is 25.7 Å². The molecule has 0 heterocycles. The largest absolute Gasteiger partial charge is 0.481 e. The van der Waals surface area contributed by atoms with E-state index in [4.69, 9.17) is 5.11 Å². The van der Waals surface area contributed by atoms with Gasteiger partial charge in [-0.3, -0.25) is 4.79 Å². The van der Waals surface area contributed by atoms with Gasteiger partial charge in [-0.15, -0.1) is 0 Å². The Hall–Kier alpha value is -1.69. The van der Waals surface area contributed by atoms with E-state index in [1.165, 1.54) is 6.08 Å². The molecule has 5 heteroatoms. The van der Waals surface area contributed by atoms with Crippen LogP contribution in [0.25, 0.3) is 0 Å². The fourth-order valence-electron chi connectivity index (χ4n) is 2.28. The number of carboxylic acids is 1. The van der Waals surface area contributed by atoms with Crippen LogP contribution in [-0.2, 0) is 4.79 Å². The van der Waals surface area contributed by atoms with Gasteiger partial charge in [0.05, 0.1) is 17.8 Å². The van der Waals surface area contributed by atoms with Crippen LogP contribution in [0.4, 0.5) is 0 Å². The molecule has 0 aromatic rings. The topological polar surface area (TPSA) is 98.0 Å². The quantitative estimate of drug-likeness (QED) is 0.278. The summed E-state index contributed by atoms with van der Waals surface area (Å²) in [6, 6.07) is 0. The Labute approximate surface area is 157 Å². The number of aliphatic hydroxyl groups excluding tert-OH is 2. The third kappa shape index (κ3) is 14.6. The minimum Gasteiger partial charge on any atom is -0.481 e. The van der Waals surface area contributed by atoms with Gasteiger partial charge < -0.3 is 20.4 Å². The van der Waals surface area contributed by atoms with Crippen molar-refractivity contribution in [2.75, 3.05) is 0 Å². The number of allylic oxidation sites excluding steroid dienone is 6. The maximum absolute atomic E-state index is 10.4. The molecule has 3 atom stereocenters. The number of hydrogen-bond donors (Lipinski definition) is 4. The second-order valence-electron chi connectivity index (χ2n) is 6.67. The van der Waals surface area contributed by atoms with Crippen molar-refractivity contribution >= 4 is 5.97 Å². The van der Waals surface area contributed by atoms with Crippen LogP contribution in [0, 0.1) is 0 Å². The van der Waals surface area contributed by atoms with Gasteiger partial charge in [0, 0.05) is 6.42 Å². The highest BCUT2D eigenvalue weighted by Crippen LogP contribution is 2.15. The molecular formula is C21H34O5. The van der Waals surface area contributed by atoms with Crippen molar-refractivity contribution in [3.8, 4) is 0 Å². The molecule has 0 saturated heterocycles. The summed E-state index contributed by atoms with van der Waals surface area (Å²) in [5.41, 5.74) is -0.788. The fourth-order valence-corrected chi connectivity index (χ4v) is 2.28. The lowest BCUT2D eigenvalue weighted by atomic mass is 9.98. The molecule has 0 aromatic carbocycles. The van der Waals surface area contributed by atoms with Crippen LogP contribution in [-0.4, -0.2) is 44.2 Å². The SMILES string of the molecule is CCCCC[C@@](C)(O)/C=C/C=C\C=C\C=C\[C@@H](O)[C@@H](O)CCCC(=O)O. The van der Waals surface area contributed by atoms with Crippen molar-refractivity contribution in [1.82, 2.24) is 0 Å². The van der Waals surface area contributed by atoms with Crippen molar-refractivity contribution in [2.45, 2.75) is 76.6 Å². The fraction of sp³-hybridized carbons (Fsp3) is 0.571. The van der Waals surface area contributed by atoms with Crippen LogP contribution in [0.5, 0.6) is 0 Å². The minimum atomic E-state index is -1.02. The average molecular weight is 366 g/mol. The predicted octanol–water partition coefficient (Wildman–Crippen LogP) is 3.52. The molecule has 0 saturated carbocycles. The molecule has 26 heavy (non-hydrogen) atoms. The van der Waals surface area contributed by atoms with Crippen molar-refractivity contribution in [1.29, 1.82) is 0 Å². The van der Waals surface area contributed by atoms with E-state index >= 15 is 0 Å². The van der Waals surface area contributed by atoms with Crippen molar-refractivity contribution in [3.05, 3.63) is 48.6 Å². The molecule has 0 aliphatic rings. The van der Waals surface area contributed by atoms with Crippen LogP contribution < -0.4 is 0 Å². The first-order valence-electron chi connectivity index (χ1n) is 9.28. The molecule has 0 aliphatic carbocycles. The third-order valence-corrected chi connectivity index (χ3v) is 3.89. The van der Waals surface area contributed by atoms with E-state index in [2.05, 4.69) is 6.92 Å².